The van der Waals surface area contributed by atoms with Crippen LogP contribution >= 0.6 is 15.9 Å². The number of hydrogen-bond acceptors (Lipinski definition) is 3. The van der Waals surface area contributed by atoms with Gasteiger partial charge in [0.05, 0.1) is 22.8 Å². The van der Waals surface area contributed by atoms with E-state index in [0.29, 0.717) is 6.54 Å². The highest BCUT2D eigenvalue weighted by Crippen LogP contribution is 2.27. The Morgan fingerprint density at radius 2 is 2.11 bits per heavy atom. The summed E-state index contributed by atoms with van der Waals surface area (Å²) in [6.45, 7) is 2.10. The molecule has 0 bridgehead atoms. The standard InChI is InChI=1S/C11H12BrFN2O3/c1-3-14-11(17)15-9-6(10(16)18-2)4-5-7(12)8(9)13/h4-5H,3H2,1-2H3,(H2,14,15,17). The fourth-order valence-corrected chi connectivity index (χ4v) is 1.60. The van der Waals surface area contributed by atoms with Gasteiger partial charge in [-0.3, -0.25) is 0 Å². The molecule has 0 aliphatic carbocycles. The predicted octanol–water partition coefficient (Wildman–Crippen LogP) is 2.52. The van der Waals surface area contributed by atoms with Crippen LogP contribution in [0.3, 0.4) is 0 Å². The smallest absolute Gasteiger partial charge is 0.340 e. The predicted molar refractivity (Wildman–Crippen MR) is 68.1 cm³/mol. The van der Waals surface area contributed by atoms with Crippen LogP contribution in [0.5, 0.6) is 0 Å². The van der Waals surface area contributed by atoms with E-state index >= 15 is 0 Å². The first kappa shape index (κ1) is 14.4. The Kier molecular flexibility index (Phi) is 5.08. The Morgan fingerprint density at radius 1 is 1.44 bits per heavy atom. The highest BCUT2D eigenvalue weighted by atomic mass is 79.9. The van der Waals surface area contributed by atoms with Crippen LogP contribution < -0.4 is 10.6 Å². The highest BCUT2D eigenvalue weighted by molar-refractivity contribution is 9.10. The number of benzene rings is 1. The minimum atomic E-state index is -0.732. The average Bonchev–Trinajstić information content (AvgIpc) is 2.34. The van der Waals surface area contributed by atoms with Crippen LogP contribution in [0.2, 0.25) is 0 Å². The molecule has 1 rings (SSSR count). The molecule has 0 heterocycles. The van der Waals surface area contributed by atoms with E-state index < -0.39 is 17.8 Å². The minimum absolute atomic E-state index is 0.0514. The Bertz CT molecular complexity index is 480. The summed E-state index contributed by atoms with van der Waals surface area (Å²) in [7, 11) is 1.18. The summed E-state index contributed by atoms with van der Waals surface area (Å²) in [5.74, 6) is -1.46. The van der Waals surface area contributed by atoms with E-state index in [4.69, 9.17) is 0 Å². The second-order valence-corrected chi connectivity index (χ2v) is 4.11. The third-order valence-corrected chi connectivity index (χ3v) is 2.69. The van der Waals surface area contributed by atoms with Crippen LogP contribution in [0.4, 0.5) is 14.9 Å². The van der Waals surface area contributed by atoms with Crippen molar-refractivity contribution in [2.45, 2.75) is 6.92 Å². The van der Waals surface area contributed by atoms with Gasteiger partial charge in [0.1, 0.15) is 0 Å². The number of carbonyl (C=O) groups is 2. The number of hydrogen-bond donors (Lipinski definition) is 2. The molecule has 0 radical (unpaired) electrons. The monoisotopic (exact) mass is 318 g/mol. The van der Waals surface area contributed by atoms with E-state index in [2.05, 4.69) is 31.3 Å². The zero-order valence-electron chi connectivity index (χ0n) is 9.84. The topological polar surface area (TPSA) is 67.4 Å². The Morgan fingerprint density at radius 3 is 2.67 bits per heavy atom. The summed E-state index contributed by atoms with van der Waals surface area (Å²) < 4.78 is 18.5. The maximum atomic E-state index is 13.9. The summed E-state index contributed by atoms with van der Waals surface area (Å²) in [6.07, 6.45) is 0. The number of halogens is 2. The molecule has 5 nitrogen and oxygen atoms in total. The van der Waals surface area contributed by atoms with E-state index in [-0.39, 0.29) is 15.7 Å². The molecule has 1 aromatic rings. The van der Waals surface area contributed by atoms with Crippen LogP contribution in [0.15, 0.2) is 16.6 Å². The van der Waals surface area contributed by atoms with Gasteiger partial charge in [0.25, 0.3) is 0 Å². The van der Waals surface area contributed by atoms with E-state index in [1.165, 1.54) is 19.2 Å². The largest absolute Gasteiger partial charge is 0.465 e. The molecule has 98 valence electrons. The van der Waals surface area contributed by atoms with E-state index in [1.54, 1.807) is 6.92 Å². The van der Waals surface area contributed by atoms with Crippen molar-refractivity contribution in [3.8, 4) is 0 Å². The summed E-state index contributed by atoms with van der Waals surface area (Å²) >= 11 is 2.98. The molecular formula is C11H12BrFN2O3. The first-order valence-corrected chi connectivity index (χ1v) is 5.91. The van der Waals surface area contributed by atoms with Crippen LogP contribution in [0.1, 0.15) is 17.3 Å². The number of ether oxygens (including phenoxy) is 1. The fourth-order valence-electron chi connectivity index (χ4n) is 1.27. The van der Waals surface area contributed by atoms with E-state index in [0.717, 1.165) is 0 Å². The van der Waals surface area contributed by atoms with Crippen molar-refractivity contribution >= 4 is 33.6 Å². The first-order valence-electron chi connectivity index (χ1n) is 5.12. The van der Waals surface area contributed by atoms with Gasteiger partial charge < -0.3 is 15.4 Å². The Balaban J connectivity index is 3.16. The zero-order chi connectivity index (χ0) is 13.7. The molecule has 0 saturated heterocycles. The lowest BCUT2D eigenvalue weighted by atomic mass is 10.1. The third-order valence-electron chi connectivity index (χ3n) is 2.08. The number of amides is 2. The van der Waals surface area contributed by atoms with Gasteiger partial charge in [-0.25, -0.2) is 14.0 Å². The molecular weight excluding hydrogens is 307 g/mol. The molecule has 0 saturated carbocycles. The lowest BCUT2D eigenvalue weighted by Crippen LogP contribution is -2.29. The fraction of sp³-hybridized carbons (Fsp3) is 0.273. The Labute approximate surface area is 112 Å². The van der Waals surface area contributed by atoms with Crippen molar-refractivity contribution in [2.24, 2.45) is 0 Å². The summed E-state index contributed by atoms with van der Waals surface area (Å²) in [5, 5.41) is 4.72. The van der Waals surface area contributed by atoms with Gasteiger partial charge in [0.2, 0.25) is 0 Å². The maximum Gasteiger partial charge on any atom is 0.340 e. The molecule has 0 aromatic heterocycles. The normalized spacial score (nSPS) is 9.78. The van der Waals surface area contributed by atoms with Gasteiger partial charge in [-0.15, -0.1) is 0 Å². The number of methoxy groups -OCH3 is 1. The minimum Gasteiger partial charge on any atom is -0.465 e. The molecule has 18 heavy (non-hydrogen) atoms. The van der Waals surface area contributed by atoms with Gasteiger partial charge in [0, 0.05) is 6.54 Å². The van der Waals surface area contributed by atoms with Crippen molar-refractivity contribution < 1.29 is 18.7 Å². The molecule has 0 spiro atoms. The SMILES string of the molecule is CCNC(=O)Nc1c(C(=O)OC)ccc(Br)c1F. The number of nitrogens with one attached hydrogen (secondary N) is 2. The average molecular weight is 319 g/mol. The van der Waals surface area contributed by atoms with E-state index in [1.807, 2.05) is 0 Å². The van der Waals surface area contributed by atoms with Crippen LogP contribution in [-0.4, -0.2) is 25.7 Å². The van der Waals surface area contributed by atoms with Crippen molar-refractivity contribution in [1.82, 2.24) is 5.32 Å². The summed E-state index contributed by atoms with van der Waals surface area (Å²) in [5.41, 5.74) is -0.272. The summed E-state index contributed by atoms with van der Waals surface area (Å²) in [4.78, 5) is 22.8. The Hall–Kier alpha value is -1.63. The van der Waals surface area contributed by atoms with Gasteiger partial charge in [-0.1, -0.05) is 0 Å². The summed E-state index contributed by atoms with van der Waals surface area (Å²) in [6, 6.07) is 2.13. The lowest BCUT2D eigenvalue weighted by Gasteiger charge is -2.12. The molecule has 7 heteroatoms. The van der Waals surface area contributed by atoms with Crippen molar-refractivity contribution in [3.05, 3.63) is 28.0 Å². The van der Waals surface area contributed by atoms with Gasteiger partial charge in [-0.2, -0.15) is 0 Å². The molecule has 0 unspecified atom stereocenters. The molecule has 2 amide bonds. The number of anilines is 1. The quantitative estimate of drug-likeness (QED) is 0.841. The third kappa shape index (κ3) is 3.19. The molecule has 0 fully saturated rings. The van der Waals surface area contributed by atoms with Gasteiger partial charge in [0.15, 0.2) is 5.82 Å². The van der Waals surface area contributed by atoms with Crippen molar-refractivity contribution in [3.63, 3.8) is 0 Å². The first-order chi connectivity index (χ1) is 8.51. The van der Waals surface area contributed by atoms with Crippen molar-refractivity contribution in [2.75, 3.05) is 19.0 Å². The zero-order valence-corrected chi connectivity index (χ0v) is 11.4. The molecule has 0 atom stereocenters. The second kappa shape index (κ2) is 6.34. The second-order valence-electron chi connectivity index (χ2n) is 3.26. The molecule has 0 aliphatic rings. The number of urea groups is 1. The lowest BCUT2D eigenvalue weighted by molar-refractivity contribution is 0.0601. The van der Waals surface area contributed by atoms with Crippen LogP contribution in [0.25, 0.3) is 0 Å². The van der Waals surface area contributed by atoms with Gasteiger partial charge in [-0.05, 0) is 35.0 Å². The number of carbonyl (C=O) groups excluding carboxylic acids is 2. The van der Waals surface area contributed by atoms with Gasteiger partial charge >= 0.3 is 12.0 Å². The number of rotatable bonds is 3. The number of esters is 1. The molecule has 1 aromatic carbocycles. The van der Waals surface area contributed by atoms with E-state index in [9.17, 15) is 14.0 Å². The van der Waals surface area contributed by atoms with Crippen molar-refractivity contribution in [1.29, 1.82) is 0 Å². The molecule has 0 aliphatic heterocycles. The van der Waals surface area contributed by atoms with Crippen LogP contribution in [0, 0.1) is 5.82 Å². The van der Waals surface area contributed by atoms with Crippen LogP contribution in [-0.2, 0) is 4.74 Å². The highest BCUT2D eigenvalue weighted by Gasteiger charge is 2.19. The maximum absolute atomic E-state index is 13.9. The molecule has 2 N–H and O–H groups in total.